The van der Waals surface area contributed by atoms with Crippen molar-refractivity contribution in [3.8, 4) is 6.07 Å². The predicted octanol–water partition coefficient (Wildman–Crippen LogP) is 7.19. The third kappa shape index (κ3) is 6.74. The molecule has 0 bridgehead atoms. The molecule has 30 heavy (non-hydrogen) atoms. The lowest BCUT2D eigenvalue weighted by molar-refractivity contribution is -0.137. The van der Waals surface area contributed by atoms with Gasteiger partial charge in [0.25, 0.3) is 0 Å². The number of alkyl halides is 3. The lowest BCUT2D eigenvalue weighted by Crippen LogP contribution is -2.25. The van der Waals surface area contributed by atoms with Gasteiger partial charge >= 0.3 is 6.18 Å². The van der Waals surface area contributed by atoms with E-state index >= 15 is 0 Å². The largest absolute Gasteiger partial charge is 0.416 e. The number of hydrogen-bond donors (Lipinski definition) is 0. The van der Waals surface area contributed by atoms with Crippen LogP contribution >= 0.6 is 0 Å². The van der Waals surface area contributed by atoms with Crippen molar-refractivity contribution in [3.05, 3.63) is 59.7 Å². The summed E-state index contributed by atoms with van der Waals surface area (Å²) in [5.41, 5.74) is 0.454. The zero-order valence-electron chi connectivity index (χ0n) is 17.3. The summed E-state index contributed by atoms with van der Waals surface area (Å²) >= 11 is 0. The second kappa shape index (κ2) is 10.8. The normalized spacial score (nSPS) is 28.1. The Morgan fingerprint density at radius 3 is 2.20 bits per heavy atom. The van der Waals surface area contributed by atoms with Gasteiger partial charge in [0.05, 0.1) is 17.7 Å². The Morgan fingerprint density at radius 2 is 1.60 bits per heavy atom. The Bertz CT molecular complexity index is 744. The highest BCUT2D eigenvalue weighted by Gasteiger charge is 2.31. The number of halogens is 3. The van der Waals surface area contributed by atoms with Gasteiger partial charge in [0.1, 0.15) is 0 Å². The van der Waals surface area contributed by atoms with E-state index in [9.17, 15) is 13.2 Å². The number of benzene rings is 1. The summed E-state index contributed by atoms with van der Waals surface area (Å²) in [7, 11) is 0. The zero-order valence-corrected chi connectivity index (χ0v) is 17.3. The first-order chi connectivity index (χ1) is 14.5. The number of ether oxygens (including phenoxy) is 1. The molecule has 0 aliphatic heterocycles. The third-order valence-corrected chi connectivity index (χ3v) is 6.51. The molecule has 0 saturated heterocycles. The van der Waals surface area contributed by atoms with Crippen LogP contribution in [0, 0.1) is 23.2 Å². The van der Waals surface area contributed by atoms with Gasteiger partial charge < -0.3 is 4.74 Å². The van der Waals surface area contributed by atoms with Gasteiger partial charge in [0.2, 0.25) is 0 Å². The van der Waals surface area contributed by atoms with Crippen LogP contribution in [0.2, 0.25) is 0 Å². The van der Waals surface area contributed by atoms with E-state index in [1.54, 1.807) is 18.2 Å². The van der Waals surface area contributed by atoms with Gasteiger partial charge in [0, 0.05) is 12.7 Å². The molecule has 1 aromatic carbocycles. The first kappa shape index (κ1) is 22.6. The fourth-order valence-electron chi connectivity index (χ4n) is 4.65. The first-order valence-electron chi connectivity index (χ1n) is 11.0. The minimum absolute atomic E-state index is 0.344. The maximum atomic E-state index is 12.7. The summed E-state index contributed by atoms with van der Waals surface area (Å²) in [4.78, 5) is 0. The van der Waals surface area contributed by atoms with Crippen LogP contribution in [0.1, 0.15) is 68.4 Å². The molecule has 0 N–H and O–H groups in total. The van der Waals surface area contributed by atoms with Crippen molar-refractivity contribution >= 4 is 0 Å². The summed E-state index contributed by atoms with van der Waals surface area (Å²) < 4.78 is 44.4. The monoisotopic (exact) mass is 417 g/mol. The molecule has 0 amide bonds. The van der Waals surface area contributed by atoms with Gasteiger partial charge in [-0.3, -0.25) is 0 Å². The molecule has 1 aromatic rings. The number of rotatable bonds is 6. The van der Waals surface area contributed by atoms with Crippen molar-refractivity contribution in [3.63, 3.8) is 0 Å². The molecule has 2 nitrogen and oxygen atoms in total. The smallest absolute Gasteiger partial charge is 0.378 e. The minimum Gasteiger partial charge on any atom is -0.378 e. The molecule has 0 radical (unpaired) electrons. The Kier molecular flexibility index (Phi) is 8.16. The van der Waals surface area contributed by atoms with Crippen LogP contribution in [-0.4, -0.2) is 12.7 Å². The van der Waals surface area contributed by atoms with Gasteiger partial charge in [-0.15, -0.1) is 0 Å². The highest BCUT2D eigenvalue weighted by molar-refractivity contribution is 5.27. The number of nitriles is 1. The van der Waals surface area contributed by atoms with Crippen LogP contribution in [0.5, 0.6) is 0 Å². The summed E-state index contributed by atoms with van der Waals surface area (Å²) in [5.74, 6) is 1.50. The summed E-state index contributed by atoms with van der Waals surface area (Å²) in [6.07, 6.45) is 12.1. The predicted molar refractivity (Wildman–Crippen MR) is 112 cm³/mol. The number of hydrogen-bond acceptors (Lipinski definition) is 2. The van der Waals surface area contributed by atoms with Crippen molar-refractivity contribution in [1.29, 1.82) is 5.26 Å². The van der Waals surface area contributed by atoms with Crippen molar-refractivity contribution in [1.82, 2.24) is 0 Å². The van der Waals surface area contributed by atoms with Crippen LogP contribution in [0.3, 0.4) is 0 Å². The van der Waals surface area contributed by atoms with E-state index in [4.69, 9.17) is 10.00 Å². The van der Waals surface area contributed by atoms with E-state index in [1.165, 1.54) is 18.2 Å². The zero-order chi connectivity index (χ0) is 21.4. The van der Waals surface area contributed by atoms with Crippen molar-refractivity contribution in [2.45, 2.75) is 69.6 Å². The first-order valence-corrected chi connectivity index (χ1v) is 11.0. The van der Waals surface area contributed by atoms with E-state index in [2.05, 4.69) is 6.08 Å². The van der Waals surface area contributed by atoms with Crippen molar-refractivity contribution in [2.75, 3.05) is 6.61 Å². The van der Waals surface area contributed by atoms with Crippen LogP contribution in [0.4, 0.5) is 13.2 Å². The maximum absolute atomic E-state index is 12.7. The summed E-state index contributed by atoms with van der Waals surface area (Å²) in [6, 6.07) is 7.69. The Hall–Kier alpha value is -2.06. The minimum atomic E-state index is -4.27. The lowest BCUT2D eigenvalue weighted by Gasteiger charge is -2.32. The Balaban J connectivity index is 1.35. The molecule has 0 spiro atoms. The van der Waals surface area contributed by atoms with E-state index in [0.29, 0.717) is 23.9 Å². The van der Waals surface area contributed by atoms with Crippen molar-refractivity contribution in [2.24, 2.45) is 11.8 Å². The van der Waals surface area contributed by atoms with Gasteiger partial charge in [-0.25, -0.2) is 0 Å². The van der Waals surface area contributed by atoms with Crippen LogP contribution in [0.15, 0.2) is 48.6 Å². The molecule has 0 atom stereocenters. The SMILES string of the molecule is N#C/C=C/C=C/[C@H]1CC[C@H](OC[C@H]2CC[C@H](c3ccc(C(F)(F)F)cc3)CC2)CC1. The lowest BCUT2D eigenvalue weighted by atomic mass is 9.79. The van der Waals surface area contributed by atoms with Crippen LogP contribution < -0.4 is 0 Å². The fraction of sp³-hybridized carbons (Fsp3) is 0.560. The molecular weight excluding hydrogens is 387 g/mol. The molecule has 5 heteroatoms. The average molecular weight is 418 g/mol. The molecule has 2 aliphatic carbocycles. The van der Waals surface area contributed by atoms with Crippen LogP contribution in [-0.2, 0) is 10.9 Å². The highest BCUT2D eigenvalue weighted by atomic mass is 19.4. The van der Waals surface area contributed by atoms with Crippen LogP contribution in [0.25, 0.3) is 0 Å². The topological polar surface area (TPSA) is 33.0 Å². The quantitative estimate of drug-likeness (QED) is 0.362. The summed E-state index contributed by atoms with van der Waals surface area (Å²) in [5, 5.41) is 8.49. The van der Waals surface area contributed by atoms with Gasteiger partial charge in [-0.2, -0.15) is 18.4 Å². The molecule has 3 rings (SSSR count). The highest BCUT2D eigenvalue weighted by Crippen LogP contribution is 2.38. The van der Waals surface area contributed by atoms with E-state index in [1.807, 2.05) is 12.1 Å². The molecular formula is C25H30F3NO. The molecule has 0 heterocycles. The summed E-state index contributed by atoms with van der Waals surface area (Å²) in [6.45, 7) is 0.801. The second-order valence-electron chi connectivity index (χ2n) is 8.58. The molecule has 2 aliphatic rings. The van der Waals surface area contributed by atoms with E-state index in [0.717, 1.165) is 63.5 Å². The van der Waals surface area contributed by atoms with Crippen molar-refractivity contribution < 1.29 is 17.9 Å². The third-order valence-electron chi connectivity index (χ3n) is 6.51. The maximum Gasteiger partial charge on any atom is 0.416 e. The second-order valence-corrected chi connectivity index (χ2v) is 8.58. The van der Waals surface area contributed by atoms with Gasteiger partial charge in [0.15, 0.2) is 0 Å². The number of nitrogens with zero attached hydrogens (tertiary/aromatic N) is 1. The fourth-order valence-corrected chi connectivity index (χ4v) is 4.65. The van der Waals surface area contributed by atoms with Gasteiger partial charge in [-0.05, 0) is 86.8 Å². The van der Waals surface area contributed by atoms with E-state index in [-0.39, 0.29) is 0 Å². The molecule has 0 aromatic heterocycles. The Morgan fingerprint density at radius 1 is 0.933 bits per heavy atom. The number of allylic oxidation sites excluding steroid dienone is 4. The average Bonchev–Trinajstić information content (AvgIpc) is 2.76. The standard InChI is InChI=1S/C25H30F3NO/c26-25(27,28)23-13-11-22(12-14-23)21-9-5-20(6-10-21)18-30-24-15-7-19(8-16-24)4-2-1-3-17-29/h1-4,11-14,19-21,24H,5-10,15-16,18H2/b3-1+,4-2+/t19-,20-,21-,24-. The molecule has 0 unspecified atom stereocenters. The van der Waals surface area contributed by atoms with Gasteiger partial charge in [-0.1, -0.05) is 30.4 Å². The molecule has 2 saturated carbocycles. The molecule has 2 fully saturated rings. The van der Waals surface area contributed by atoms with E-state index < -0.39 is 11.7 Å². The Labute approximate surface area is 177 Å². The molecule has 162 valence electrons.